The van der Waals surface area contributed by atoms with Gasteiger partial charge in [0.25, 0.3) is 0 Å². The molecule has 0 aromatic heterocycles. The number of likely N-dealkylation sites (N-methyl/N-ethyl adjacent to an activating group) is 1. The molecule has 0 amide bonds. The highest BCUT2D eigenvalue weighted by Gasteiger charge is 2.85. The van der Waals surface area contributed by atoms with E-state index < -0.39 is 37.2 Å². The van der Waals surface area contributed by atoms with Crippen molar-refractivity contribution in [3.63, 3.8) is 0 Å². The van der Waals surface area contributed by atoms with Crippen LogP contribution in [-0.2, 0) is 15.9 Å². The zero-order chi connectivity index (χ0) is 44.0. The summed E-state index contributed by atoms with van der Waals surface area (Å²) in [5.41, 5.74) is -3.88. The number of halogens is 9. The zero-order valence-electron chi connectivity index (χ0n) is 35.1. The van der Waals surface area contributed by atoms with Crippen molar-refractivity contribution in [3.05, 3.63) is 29.3 Å². The second-order valence-electron chi connectivity index (χ2n) is 17.3. The summed E-state index contributed by atoms with van der Waals surface area (Å²) in [6, 6.07) is 6.40. The van der Waals surface area contributed by atoms with Gasteiger partial charge >= 0.3 is 24.1 Å². The third-order valence-electron chi connectivity index (χ3n) is 13.2. The average molecular weight is 912 g/mol. The molecule has 348 valence electrons. The van der Waals surface area contributed by atoms with Gasteiger partial charge in [0.2, 0.25) is 0 Å². The van der Waals surface area contributed by atoms with E-state index in [2.05, 4.69) is 35.7 Å². The third kappa shape index (κ3) is 13.5. The van der Waals surface area contributed by atoms with E-state index in [9.17, 15) is 39.5 Å². The van der Waals surface area contributed by atoms with Crippen LogP contribution in [0.5, 0.6) is 5.75 Å². The minimum absolute atomic E-state index is 0.0349. The lowest BCUT2D eigenvalue weighted by molar-refractivity contribution is -0.457. The molecule has 2 saturated carbocycles. The topological polar surface area (TPSA) is 71.4 Å². The van der Waals surface area contributed by atoms with E-state index in [1.165, 1.54) is 54.7 Å². The first kappa shape index (κ1) is 51.5. The minimum atomic E-state index is -6.74. The molecule has 6 nitrogen and oxygen atoms in total. The number of alkyl halides is 9. The first-order valence-electron chi connectivity index (χ1n) is 21.8. The molecule has 3 aliphatic carbocycles. The van der Waals surface area contributed by atoms with Gasteiger partial charge in [-0.1, -0.05) is 66.7 Å². The van der Waals surface area contributed by atoms with Gasteiger partial charge in [-0.3, -0.25) is 0 Å². The molecule has 5 unspecified atom stereocenters. The maximum atomic E-state index is 13.2. The minimum Gasteiger partial charge on any atom is -0.492 e. The van der Waals surface area contributed by atoms with Gasteiger partial charge in [-0.05, 0) is 131 Å². The van der Waals surface area contributed by atoms with Gasteiger partial charge in [-0.15, -0.1) is 0 Å². The van der Waals surface area contributed by atoms with Crippen LogP contribution in [0.25, 0.3) is 0 Å². The van der Waals surface area contributed by atoms with Gasteiger partial charge in [-0.2, -0.15) is 39.5 Å². The van der Waals surface area contributed by atoms with Gasteiger partial charge in [0, 0.05) is 43.8 Å². The molecule has 0 bridgehead atoms. The van der Waals surface area contributed by atoms with Crippen molar-refractivity contribution in [2.45, 2.75) is 146 Å². The quantitative estimate of drug-likeness (QED) is 0.0514. The summed E-state index contributed by atoms with van der Waals surface area (Å²) in [5, 5.41) is 18.3. The molecule has 0 aliphatic heterocycles. The van der Waals surface area contributed by atoms with E-state index in [4.69, 9.17) is 19.7 Å². The molecular formula is C43H66F9NO5S2. The molecule has 2 N–H and O–H groups in total. The number of aryl methyl sites for hydroxylation is 1. The summed E-state index contributed by atoms with van der Waals surface area (Å²) < 4.78 is 135. The van der Waals surface area contributed by atoms with Crippen LogP contribution >= 0.6 is 21.6 Å². The lowest BCUT2D eigenvalue weighted by atomic mass is 9.55. The van der Waals surface area contributed by atoms with Crippen LogP contribution in [0, 0.1) is 23.2 Å². The Kier molecular flexibility index (Phi) is 20.4. The fraction of sp³-hybridized carbons (Fsp3) is 0.860. The highest BCUT2D eigenvalue weighted by molar-refractivity contribution is 8.76. The number of fused-ring (bicyclic) bond motifs is 5. The van der Waals surface area contributed by atoms with Crippen molar-refractivity contribution in [1.29, 1.82) is 0 Å². The summed E-state index contributed by atoms with van der Waals surface area (Å²) in [6.45, 7) is 3.01. The first-order chi connectivity index (χ1) is 28.4. The number of hydrogen-bond donors (Lipinski definition) is 2. The fourth-order valence-corrected chi connectivity index (χ4v) is 12.0. The van der Waals surface area contributed by atoms with Crippen molar-refractivity contribution < 1.29 is 63.9 Å². The molecule has 3 aliphatic rings. The van der Waals surface area contributed by atoms with Crippen molar-refractivity contribution in [3.8, 4) is 5.75 Å². The number of ether oxygens (including phenoxy) is 3. The molecule has 0 saturated heterocycles. The summed E-state index contributed by atoms with van der Waals surface area (Å²) in [4.78, 5) is 2.31. The lowest BCUT2D eigenvalue weighted by Gasteiger charge is -2.50. The number of nitrogens with zero attached hydrogens (tertiary/aromatic N) is 1. The number of aliphatic hydroxyl groups is 2. The number of benzene rings is 1. The highest BCUT2D eigenvalue weighted by atomic mass is 33.1. The van der Waals surface area contributed by atoms with E-state index in [1.54, 1.807) is 0 Å². The number of rotatable bonds is 27. The van der Waals surface area contributed by atoms with Gasteiger partial charge in [0.1, 0.15) is 12.4 Å². The van der Waals surface area contributed by atoms with Gasteiger partial charge < -0.3 is 29.3 Å². The molecule has 1 aromatic carbocycles. The Morgan fingerprint density at radius 3 is 2.02 bits per heavy atom. The second kappa shape index (κ2) is 23.7. The fourth-order valence-electron chi connectivity index (χ4n) is 9.74. The van der Waals surface area contributed by atoms with E-state index in [1.807, 2.05) is 27.7 Å². The van der Waals surface area contributed by atoms with E-state index in [0.29, 0.717) is 30.8 Å². The van der Waals surface area contributed by atoms with Crippen LogP contribution in [0.2, 0.25) is 0 Å². The van der Waals surface area contributed by atoms with Crippen molar-refractivity contribution in [2.24, 2.45) is 23.2 Å². The van der Waals surface area contributed by atoms with Crippen molar-refractivity contribution >= 4 is 21.6 Å². The summed E-state index contributed by atoms with van der Waals surface area (Å²) >= 11 is 0. The Hall–Kier alpha value is -1.11. The van der Waals surface area contributed by atoms with Gasteiger partial charge in [0.05, 0.1) is 12.7 Å². The predicted molar refractivity (Wildman–Crippen MR) is 219 cm³/mol. The number of aliphatic hydroxyl groups excluding tert-OH is 2. The predicted octanol–water partition coefficient (Wildman–Crippen LogP) is 11.6. The summed E-state index contributed by atoms with van der Waals surface area (Å²) in [7, 11) is 6.06. The van der Waals surface area contributed by atoms with E-state index in [0.717, 1.165) is 76.6 Å². The van der Waals surface area contributed by atoms with Crippen LogP contribution in [0.3, 0.4) is 0 Å². The van der Waals surface area contributed by atoms with Gasteiger partial charge in [-0.25, -0.2) is 0 Å². The molecule has 0 spiro atoms. The zero-order valence-corrected chi connectivity index (χ0v) is 36.7. The Morgan fingerprint density at radius 1 is 0.750 bits per heavy atom. The molecule has 17 heteroatoms. The second-order valence-corrected chi connectivity index (χ2v) is 20.0. The smallest absolute Gasteiger partial charge is 0.435 e. The normalized spacial score (nSPS) is 23.6. The first-order valence-corrected chi connectivity index (χ1v) is 24.2. The molecule has 1 aromatic rings. The van der Waals surface area contributed by atoms with Crippen molar-refractivity contribution in [2.75, 3.05) is 64.7 Å². The molecule has 0 radical (unpaired) electrons. The molecule has 5 atom stereocenters. The largest absolute Gasteiger partial charge is 0.492 e. The number of hydrogen-bond acceptors (Lipinski definition) is 8. The summed E-state index contributed by atoms with van der Waals surface area (Å²) in [6.07, 6.45) is -5.51. The monoisotopic (exact) mass is 911 g/mol. The van der Waals surface area contributed by atoms with Crippen LogP contribution in [-0.4, -0.2) is 110 Å². The molecule has 2 fully saturated rings. The highest BCUT2D eigenvalue weighted by Crippen LogP contribution is 2.62. The number of unbranched alkanes of at least 4 members (excludes halogenated alkanes) is 6. The maximum absolute atomic E-state index is 13.2. The Balaban J connectivity index is 1.09. The molecule has 60 heavy (non-hydrogen) atoms. The summed E-state index contributed by atoms with van der Waals surface area (Å²) in [5.74, 6) is 4.33. The van der Waals surface area contributed by atoms with Crippen LogP contribution in [0.4, 0.5) is 39.5 Å². The van der Waals surface area contributed by atoms with Crippen LogP contribution in [0.15, 0.2) is 18.2 Å². The average Bonchev–Trinajstić information content (AvgIpc) is 3.51. The molecule has 0 heterocycles. The SMILES string of the molecule is CN(CCCCCCSSCCCCCCC(CO)CO)CCOc1ccc2c(c1)CCC1C2CCC2(C)C(OCCCOC(C(F)(F)F)(C(F)(F)F)C(F)(F)F)CCC12. The van der Waals surface area contributed by atoms with Crippen molar-refractivity contribution in [1.82, 2.24) is 4.90 Å². The standard InChI is InChI=1S/C43H66F9NO5S2/c1-39-20-19-35-34-16-14-33(56-25-22-53(2)21-8-4-6-10-27-60-59-26-9-5-3-7-12-31(29-54)30-55)28-32(34)13-15-36(35)37(39)17-18-38(39)57-23-11-24-58-40(41(44,45)46,42(47,48)49)43(50,51)52/h14,16,28,31,35-38,54-55H,3-13,15,17-27,29-30H2,1-2H3. The maximum Gasteiger partial charge on any atom is 0.435 e. The van der Waals surface area contributed by atoms with E-state index >= 15 is 0 Å². The van der Waals surface area contributed by atoms with Gasteiger partial charge in [0.15, 0.2) is 0 Å². The molecule has 4 rings (SSSR count). The third-order valence-corrected chi connectivity index (χ3v) is 15.8. The van der Waals surface area contributed by atoms with Crippen LogP contribution < -0.4 is 4.74 Å². The Morgan fingerprint density at radius 2 is 1.38 bits per heavy atom. The lowest BCUT2D eigenvalue weighted by Crippen LogP contribution is -2.67. The Bertz CT molecular complexity index is 1360. The van der Waals surface area contributed by atoms with E-state index in [-0.39, 0.29) is 37.3 Å². The molecular weight excluding hydrogens is 846 g/mol. The van der Waals surface area contributed by atoms with Crippen LogP contribution in [0.1, 0.15) is 120 Å². The Labute approximate surface area is 358 Å².